The molecule has 20 heavy (non-hydrogen) atoms. The first-order valence-corrected chi connectivity index (χ1v) is 7.00. The van der Waals surface area contributed by atoms with E-state index in [1.54, 1.807) is 18.2 Å². The summed E-state index contributed by atoms with van der Waals surface area (Å²) in [5, 5.41) is 3.26. The van der Waals surface area contributed by atoms with Crippen LogP contribution in [-0.2, 0) is 6.42 Å². The standard InChI is InChI=1S/C16H17ClN2O/c1-12(10-11-13-6-3-2-4-7-13)18-16(20)14-8-5-9-15(17)19-14/h2-9,12H,10-11H2,1H3,(H,18,20). The lowest BCUT2D eigenvalue weighted by Crippen LogP contribution is -2.33. The number of aromatic nitrogens is 1. The van der Waals surface area contributed by atoms with Gasteiger partial charge in [-0.05, 0) is 37.5 Å². The van der Waals surface area contributed by atoms with Crippen molar-refractivity contribution >= 4 is 17.5 Å². The van der Waals surface area contributed by atoms with Crippen LogP contribution in [0.15, 0.2) is 48.5 Å². The highest BCUT2D eigenvalue weighted by Crippen LogP contribution is 2.07. The molecule has 104 valence electrons. The van der Waals surface area contributed by atoms with E-state index in [0.29, 0.717) is 10.8 Å². The number of amides is 1. The summed E-state index contributed by atoms with van der Waals surface area (Å²) >= 11 is 5.78. The van der Waals surface area contributed by atoms with E-state index in [-0.39, 0.29) is 11.9 Å². The van der Waals surface area contributed by atoms with E-state index in [0.717, 1.165) is 12.8 Å². The fourth-order valence-corrected chi connectivity index (χ4v) is 2.10. The first kappa shape index (κ1) is 14.5. The number of hydrogen-bond donors (Lipinski definition) is 1. The van der Waals surface area contributed by atoms with Gasteiger partial charge in [-0.1, -0.05) is 48.0 Å². The number of nitrogens with one attached hydrogen (secondary N) is 1. The van der Waals surface area contributed by atoms with E-state index in [1.165, 1.54) is 5.56 Å². The predicted octanol–water partition coefficient (Wildman–Crippen LogP) is 3.49. The summed E-state index contributed by atoms with van der Waals surface area (Å²) in [6, 6.07) is 15.3. The second kappa shape index (κ2) is 7.06. The van der Waals surface area contributed by atoms with E-state index < -0.39 is 0 Å². The highest BCUT2D eigenvalue weighted by Gasteiger charge is 2.11. The average molecular weight is 289 g/mol. The van der Waals surface area contributed by atoms with Crippen molar-refractivity contribution < 1.29 is 4.79 Å². The van der Waals surface area contributed by atoms with Gasteiger partial charge < -0.3 is 5.32 Å². The Morgan fingerprint density at radius 3 is 2.65 bits per heavy atom. The van der Waals surface area contributed by atoms with Crippen molar-refractivity contribution in [3.05, 3.63) is 64.9 Å². The summed E-state index contributed by atoms with van der Waals surface area (Å²) in [5.41, 5.74) is 1.62. The van der Waals surface area contributed by atoms with Crippen molar-refractivity contribution in [3.8, 4) is 0 Å². The molecule has 0 aliphatic heterocycles. The Balaban J connectivity index is 1.85. The predicted molar refractivity (Wildman–Crippen MR) is 80.9 cm³/mol. The van der Waals surface area contributed by atoms with Crippen LogP contribution in [0, 0.1) is 0 Å². The molecule has 1 unspecified atom stereocenters. The van der Waals surface area contributed by atoms with Crippen LogP contribution in [0.4, 0.5) is 0 Å². The maximum absolute atomic E-state index is 12.0. The fraction of sp³-hybridized carbons (Fsp3) is 0.250. The van der Waals surface area contributed by atoms with E-state index in [1.807, 2.05) is 25.1 Å². The molecule has 0 saturated heterocycles. The van der Waals surface area contributed by atoms with Gasteiger partial charge in [0.1, 0.15) is 10.8 Å². The molecule has 1 heterocycles. The van der Waals surface area contributed by atoms with E-state index in [9.17, 15) is 4.79 Å². The van der Waals surface area contributed by atoms with Gasteiger partial charge in [0, 0.05) is 6.04 Å². The minimum atomic E-state index is -0.187. The summed E-state index contributed by atoms with van der Waals surface area (Å²) in [5.74, 6) is -0.187. The van der Waals surface area contributed by atoms with Gasteiger partial charge in [-0.3, -0.25) is 4.79 Å². The van der Waals surface area contributed by atoms with Crippen LogP contribution in [0.25, 0.3) is 0 Å². The molecule has 1 aromatic carbocycles. The summed E-state index contributed by atoms with van der Waals surface area (Å²) < 4.78 is 0. The van der Waals surface area contributed by atoms with Gasteiger partial charge in [0.2, 0.25) is 0 Å². The van der Waals surface area contributed by atoms with Crippen molar-refractivity contribution in [1.82, 2.24) is 10.3 Å². The number of carbonyl (C=O) groups excluding carboxylic acids is 1. The molecule has 0 fully saturated rings. The topological polar surface area (TPSA) is 42.0 Å². The molecule has 0 saturated carbocycles. The van der Waals surface area contributed by atoms with Crippen molar-refractivity contribution in [3.63, 3.8) is 0 Å². The lowest BCUT2D eigenvalue weighted by atomic mass is 10.1. The van der Waals surface area contributed by atoms with Crippen molar-refractivity contribution in [2.45, 2.75) is 25.8 Å². The molecule has 2 rings (SSSR count). The zero-order valence-electron chi connectivity index (χ0n) is 11.3. The average Bonchev–Trinajstić information content (AvgIpc) is 2.46. The largest absolute Gasteiger partial charge is 0.348 e. The number of pyridine rings is 1. The highest BCUT2D eigenvalue weighted by molar-refractivity contribution is 6.29. The minimum Gasteiger partial charge on any atom is -0.348 e. The zero-order valence-corrected chi connectivity index (χ0v) is 12.1. The van der Waals surface area contributed by atoms with Gasteiger partial charge in [-0.2, -0.15) is 0 Å². The monoisotopic (exact) mass is 288 g/mol. The number of carbonyl (C=O) groups is 1. The van der Waals surface area contributed by atoms with Crippen molar-refractivity contribution in [2.24, 2.45) is 0 Å². The van der Waals surface area contributed by atoms with Gasteiger partial charge in [-0.15, -0.1) is 0 Å². The van der Waals surface area contributed by atoms with Crippen molar-refractivity contribution in [1.29, 1.82) is 0 Å². The van der Waals surface area contributed by atoms with Gasteiger partial charge in [0.25, 0.3) is 5.91 Å². The number of hydrogen-bond acceptors (Lipinski definition) is 2. The molecule has 1 amide bonds. The maximum atomic E-state index is 12.0. The Hall–Kier alpha value is -1.87. The Kier molecular flexibility index (Phi) is 5.13. The van der Waals surface area contributed by atoms with Crippen LogP contribution < -0.4 is 5.32 Å². The second-order valence-electron chi connectivity index (χ2n) is 4.74. The summed E-state index contributed by atoms with van der Waals surface area (Å²) in [7, 11) is 0. The van der Waals surface area contributed by atoms with Crippen LogP contribution >= 0.6 is 11.6 Å². The summed E-state index contributed by atoms with van der Waals surface area (Å²) in [6.45, 7) is 1.99. The Labute approximate surface area is 124 Å². The Morgan fingerprint density at radius 2 is 1.95 bits per heavy atom. The van der Waals surface area contributed by atoms with E-state index >= 15 is 0 Å². The summed E-state index contributed by atoms with van der Waals surface area (Å²) in [4.78, 5) is 16.0. The molecule has 1 aromatic heterocycles. The molecular weight excluding hydrogens is 272 g/mol. The molecule has 0 radical (unpaired) electrons. The zero-order chi connectivity index (χ0) is 14.4. The lowest BCUT2D eigenvalue weighted by Gasteiger charge is -2.13. The maximum Gasteiger partial charge on any atom is 0.270 e. The molecule has 0 bridgehead atoms. The molecule has 0 aliphatic rings. The molecule has 1 N–H and O–H groups in total. The van der Waals surface area contributed by atoms with Gasteiger partial charge in [0.15, 0.2) is 0 Å². The SMILES string of the molecule is CC(CCc1ccccc1)NC(=O)c1cccc(Cl)n1. The molecule has 0 spiro atoms. The highest BCUT2D eigenvalue weighted by atomic mass is 35.5. The third kappa shape index (κ3) is 4.35. The molecular formula is C16H17ClN2O. The molecule has 3 nitrogen and oxygen atoms in total. The first-order chi connectivity index (χ1) is 9.65. The molecule has 2 aromatic rings. The molecule has 4 heteroatoms. The number of benzene rings is 1. The van der Waals surface area contributed by atoms with Crippen LogP contribution in [0.5, 0.6) is 0 Å². The van der Waals surface area contributed by atoms with Crippen LogP contribution in [0.2, 0.25) is 5.15 Å². The number of halogens is 1. The summed E-state index contributed by atoms with van der Waals surface area (Å²) in [6.07, 6.45) is 1.82. The van der Waals surface area contributed by atoms with Crippen molar-refractivity contribution in [2.75, 3.05) is 0 Å². The lowest BCUT2D eigenvalue weighted by molar-refractivity contribution is 0.0933. The van der Waals surface area contributed by atoms with Gasteiger partial charge >= 0.3 is 0 Å². The second-order valence-corrected chi connectivity index (χ2v) is 5.13. The van der Waals surface area contributed by atoms with Gasteiger partial charge in [-0.25, -0.2) is 4.98 Å². The van der Waals surface area contributed by atoms with E-state index in [4.69, 9.17) is 11.6 Å². The van der Waals surface area contributed by atoms with Gasteiger partial charge in [0.05, 0.1) is 0 Å². The van der Waals surface area contributed by atoms with Crippen LogP contribution in [0.1, 0.15) is 29.4 Å². The third-order valence-corrected chi connectivity index (χ3v) is 3.24. The molecule has 1 atom stereocenters. The first-order valence-electron chi connectivity index (χ1n) is 6.62. The van der Waals surface area contributed by atoms with Crippen LogP contribution in [-0.4, -0.2) is 16.9 Å². The number of rotatable bonds is 5. The molecule has 0 aliphatic carbocycles. The normalized spacial score (nSPS) is 11.9. The minimum absolute atomic E-state index is 0.0866. The number of nitrogens with zero attached hydrogens (tertiary/aromatic N) is 1. The fourth-order valence-electron chi connectivity index (χ4n) is 1.93. The number of aryl methyl sites for hydroxylation is 1. The Morgan fingerprint density at radius 1 is 1.20 bits per heavy atom. The smallest absolute Gasteiger partial charge is 0.270 e. The third-order valence-electron chi connectivity index (χ3n) is 3.03. The van der Waals surface area contributed by atoms with Crippen LogP contribution in [0.3, 0.4) is 0 Å². The quantitative estimate of drug-likeness (QED) is 0.856. The van der Waals surface area contributed by atoms with E-state index in [2.05, 4.69) is 22.4 Å². The Bertz CT molecular complexity index is 572.